The average Bonchev–Trinajstić information content (AvgIpc) is 3.63. The molecule has 0 aliphatic carbocycles. The maximum Gasteiger partial charge on any atom is 0.292 e. The van der Waals surface area contributed by atoms with E-state index in [-0.39, 0.29) is 24.1 Å². The molecule has 5 heterocycles. The topological polar surface area (TPSA) is 127 Å². The summed E-state index contributed by atoms with van der Waals surface area (Å²) in [6, 6.07) is 5.80. The van der Waals surface area contributed by atoms with Crippen molar-refractivity contribution in [2.45, 2.75) is 19.4 Å². The van der Waals surface area contributed by atoms with Gasteiger partial charge in [-0.05, 0) is 18.2 Å². The number of amides is 1. The van der Waals surface area contributed by atoms with Crippen LogP contribution in [0.2, 0.25) is 0 Å². The van der Waals surface area contributed by atoms with E-state index in [1.165, 1.54) is 35.8 Å². The van der Waals surface area contributed by atoms with Crippen LogP contribution in [0.25, 0.3) is 22.8 Å². The highest BCUT2D eigenvalue weighted by Crippen LogP contribution is 2.29. The summed E-state index contributed by atoms with van der Waals surface area (Å²) in [5.41, 5.74) is 2.11. The van der Waals surface area contributed by atoms with Crippen molar-refractivity contribution in [3.8, 4) is 11.7 Å². The fourth-order valence-corrected chi connectivity index (χ4v) is 3.50. The highest BCUT2D eigenvalue weighted by molar-refractivity contribution is 5.93. The molecule has 35 heavy (non-hydrogen) atoms. The minimum atomic E-state index is -2.95. The highest BCUT2D eigenvalue weighted by atomic mass is 19.3. The summed E-state index contributed by atoms with van der Waals surface area (Å²) >= 11 is 0. The van der Waals surface area contributed by atoms with Crippen molar-refractivity contribution in [2.75, 3.05) is 6.54 Å². The molecular weight excluding hydrogens is 467 g/mol. The van der Waals surface area contributed by atoms with Crippen LogP contribution in [0.1, 0.15) is 34.1 Å². The van der Waals surface area contributed by atoms with Gasteiger partial charge in [-0.3, -0.25) is 4.79 Å². The Hall–Kier alpha value is -4.55. The molecule has 178 valence electrons. The lowest BCUT2D eigenvalue weighted by Crippen LogP contribution is -2.36. The summed E-state index contributed by atoms with van der Waals surface area (Å²) in [6.07, 6.45) is 3.29. The number of carbonyl (C=O) groups excluding carboxylic acids is 1. The van der Waals surface area contributed by atoms with Crippen molar-refractivity contribution in [3.63, 3.8) is 0 Å². The monoisotopic (exact) mass is 483 g/mol. The van der Waals surface area contributed by atoms with Crippen LogP contribution >= 0.6 is 0 Å². The molecule has 1 N–H and O–H groups in total. The third-order valence-electron chi connectivity index (χ3n) is 5.17. The largest absolute Gasteiger partial charge is 0.443 e. The number of nitrogens with one attached hydrogen (secondary N) is 1. The van der Waals surface area contributed by atoms with Crippen molar-refractivity contribution >= 4 is 17.0 Å². The minimum absolute atomic E-state index is 0.0398. The van der Waals surface area contributed by atoms with Crippen LogP contribution in [0.4, 0.5) is 13.2 Å². The summed E-state index contributed by atoms with van der Waals surface area (Å²) < 4.78 is 49.3. The first-order valence-electron chi connectivity index (χ1n) is 10.3. The van der Waals surface area contributed by atoms with Crippen LogP contribution in [0.3, 0.4) is 0 Å². The van der Waals surface area contributed by atoms with Gasteiger partial charge in [-0.25, -0.2) is 38.1 Å². The lowest BCUT2D eigenvalue weighted by atomic mass is 10.1. The predicted octanol–water partition coefficient (Wildman–Crippen LogP) is 3.96. The molecule has 0 radical (unpaired) electrons. The van der Waals surface area contributed by atoms with E-state index in [4.69, 9.17) is 8.83 Å². The number of halogens is 3. The van der Waals surface area contributed by atoms with Crippen molar-refractivity contribution in [1.29, 1.82) is 0 Å². The zero-order chi connectivity index (χ0) is 24.4. The molecule has 1 aromatic carbocycles. The summed E-state index contributed by atoms with van der Waals surface area (Å²) in [5, 5.41) is 0. The van der Waals surface area contributed by atoms with Crippen LogP contribution < -0.4 is 0 Å². The van der Waals surface area contributed by atoms with Crippen molar-refractivity contribution in [2.24, 2.45) is 0 Å². The Balaban J connectivity index is 0.000000211. The average molecular weight is 483 g/mol. The Morgan fingerprint density at radius 1 is 1.14 bits per heavy atom. The van der Waals surface area contributed by atoms with Crippen LogP contribution in [0.15, 0.2) is 58.2 Å². The molecule has 10 nitrogen and oxygen atoms in total. The maximum absolute atomic E-state index is 13.3. The Bertz CT molecular complexity index is 1470. The number of alkyl halides is 2. The molecule has 4 aromatic heterocycles. The van der Waals surface area contributed by atoms with Crippen LogP contribution in [0.5, 0.6) is 0 Å². The van der Waals surface area contributed by atoms with Gasteiger partial charge in [0.15, 0.2) is 17.7 Å². The third-order valence-corrected chi connectivity index (χ3v) is 5.17. The maximum atomic E-state index is 13.3. The zero-order valence-electron chi connectivity index (χ0n) is 17.9. The number of hydrogen-bond acceptors (Lipinski definition) is 8. The quantitative estimate of drug-likeness (QED) is 0.409. The molecule has 1 amide bonds. The van der Waals surface area contributed by atoms with E-state index in [0.717, 1.165) is 11.4 Å². The first-order chi connectivity index (χ1) is 17.0. The number of aromatic amines is 1. The van der Waals surface area contributed by atoms with E-state index in [9.17, 15) is 18.0 Å². The lowest BCUT2D eigenvalue weighted by molar-refractivity contribution is 0.0684. The molecule has 0 unspecified atom stereocenters. The van der Waals surface area contributed by atoms with Gasteiger partial charge in [0, 0.05) is 31.4 Å². The summed E-state index contributed by atoms with van der Waals surface area (Å²) in [5.74, 6) is -1.59. The number of fused-ring (bicyclic) bond motifs is 2. The highest BCUT2D eigenvalue weighted by Gasteiger charge is 2.32. The second-order valence-corrected chi connectivity index (χ2v) is 7.38. The van der Waals surface area contributed by atoms with Crippen molar-refractivity contribution < 1.29 is 26.8 Å². The van der Waals surface area contributed by atoms with Gasteiger partial charge in [0.25, 0.3) is 18.2 Å². The molecule has 0 bridgehead atoms. The second kappa shape index (κ2) is 9.37. The molecule has 1 aliphatic heterocycles. The van der Waals surface area contributed by atoms with Crippen LogP contribution in [-0.2, 0) is 13.0 Å². The number of nitrogens with zero attached hydrogens (tertiary/aromatic N) is 6. The number of benzene rings is 1. The second-order valence-electron chi connectivity index (χ2n) is 7.38. The minimum Gasteiger partial charge on any atom is -0.443 e. The Morgan fingerprint density at radius 3 is 2.77 bits per heavy atom. The molecular formula is C22H16F3N7O3. The Morgan fingerprint density at radius 2 is 1.97 bits per heavy atom. The summed E-state index contributed by atoms with van der Waals surface area (Å²) in [7, 11) is 0. The molecule has 1 aliphatic rings. The van der Waals surface area contributed by atoms with Gasteiger partial charge in [0.2, 0.25) is 11.6 Å². The number of H-pyrrole nitrogens is 1. The SMILES string of the molecule is Fc1ccc2ocnc2c1.O=C(c1oc(-c2ncccn2)nc1C(F)F)N1CCc2nc[nH]c2C1. The summed E-state index contributed by atoms with van der Waals surface area (Å²) in [4.78, 5) is 36.5. The van der Waals surface area contributed by atoms with E-state index >= 15 is 0 Å². The molecule has 6 rings (SSSR count). The number of hydrogen-bond donors (Lipinski definition) is 1. The number of rotatable bonds is 3. The molecule has 0 saturated heterocycles. The van der Waals surface area contributed by atoms with Gasteiger partial charge < -0.3 is 18.7 Å². The fourth-order valence-electron chi connectivity index (χ4n) is 3.50. The standard InChI is InChI=1S/C15H12F2N6O2.C7H4FNO/c16-12(17)10-11(25-14(22-10)13-18-3-1-4-19-13)15(24)23-5-2-8-9(6-23)21-7-20-8;8-5-1-2-7-6(3-5)9-4-10-7/h1,3-4,7,12H,2,5-6H2,(H,20,21);1-4H. The number of oxazole rings is 2. The molecule has 0 saturated carbocycles. The molecule has 13 heteroatoms. The lowest BCUT2D eigenvalue weighted by Gasteiger charge is -2.25. The van der Waals surface area contributed by atoms with Gasteiger partial charge >= 0.3 is 0 Å². The number of imidazole rings is 1. The molecule has 0 atom stereocenters. The fraction of sp³-hybridized carbons (Fsp3) is 0.182. The van der Waals surface area contributed by atoms with Gasteiger partial charge in [0.1, 0.15) is 11.3 Å². The van der Waals surface area contributed by atoms with E-state index < -0.39 is 23.8 Å². The first kappa shape index (κ1) is 22.3. The van der Waals surface area contributed by atoms with Gasteiger partial charge in [-0.15, -0.1) is 0 Å². The van der Waals surface area contributed by atoms with Gasteiger partial charge in [-0.2, -0.15) is 0 Å². The molecule has 5 aromatic rings. The predicted molar refractivity (Wildman–Crippen MR) is 113 cm³/mol. The van der Waals surface area contributed by atoms with Crippen LogP contribution in [-0.4, -0.2) is 47.3 Å². The Labute approximate surface area is 194 Å². The zero-order valence-corrected chi connectivity index (χ0v) is 17.9. The molecule has 0 spiro atoms. The first-order valence-corrected chi connectivity index (χ1v) is 10.3. The molecule has 0 fully saturated rings. The van der Waals surface area contributed by atoms with Crippen LogP contribution in [0, 0.1) is 5.82 Å². The van der Waals surface area contributed by atoms with Gasteiger partial charge in [-0.1, -0.05) is 0 Å². The normalized spacial score (nSPS) is 13.0. The van der Waals surface area contributed by atoms with E-state index in [1.807, 2.05) is 0 Å². The smallest absolute Gasteiger partial charge is 0.292 e. The van der Waals surface area contributed by atoms with E-state index in [1.54, 1.807) is 18.5 Å². The van der Waals surface area contributed by atoms with Gasteiger partial charge in [0.05, 0.1) is 24.3 Å². The van der Waals surface area contributed by atoms with Crippen molar-refractivity contribution in [1.82, 2.24) is 34.8 Å². The Kier molecular flexibility index (Phi) is 5.95. The third kappa shape index (κ3) is 4.60. The number of carbonyl (C=O) groups is 1. The van der Waals surface area contributed by atoms with Crippen molar-refractivity contribution in [3.05, 3.63) is 78.0 Å². The summed E-state index contributed by atoms with van der Waals surface area (Å²) in [6.45, 7) is 0.603. The number of aromatic nitrogens is 6. The van der Waals surface area contributed by atoms with E-state index in [2.05, 4.69) is 29.9 Å². The van der Waals surface area contributed by atoms with E-state index in [0.29, 0.717) is 24.1 Å².